The highest BCUT2D eigenvalue weighted by molar-refractivity contribution is 5.78. The summed E-state index contributed by atoms with van der Waals surface area (Å²) in [5.74, 6) is 2.09. The molecule has 1 fully saturated rings. The summed E-state index contributed by atoms with van der Waals surface area (Å²) in [6.07, 6.45) is 7.55. The molecule has 1 aliphatic rings. The minimum absolute atomic E-state index is 0.0448. The first kappa shape index (κ1) is 17.4. The number of methoxy groups -OCH3 is 1. The summed E-state index contributed by atoms with van der Waals surface area (Å²) >= 11 is 0. The van der Waals surface area contributed by atoms with E-state index in [2.05, 4.69) is 10.3 Å². The van der Waals surface area contributed by atoms with Gasteiger partial charge in [0, 0.05) is 12.1 Å². The smallest absolute Gasteiger partial charge is 0.188 e. The van der Waals surface area contributed by atoms with Gasteiger partial charge in [0.25, 0.3) is 0 Å². The Balaban J connectivity index is 1.78. The number of aliphatic imine (C=N–C) groups is 1. The molecule has 1 aromatic carbocycles. The number of hydrogen-bond donors (Lipinski definition) is 2. The topological polar surface area (TPSA) is 68.9 Å². The summed E-state index contributed by atoms with van der Waals surface area (Å²) in [5.41, 5.74) is 6.01. The molecule has 0 bridgehead atoms. The van der Waals surface area contributed by atoms with Crippen LogP contribution in [0.5, 0.6) is 11.5 Å². The fraction of sp³-hybridized carbons (Fsp3) is 0.611. The monoisotopic (exact) mass is 319 g/mol. The normalized spacial score (nSPS) is 18.1. The van der Waals surface area contributed by atoms with Crippen LogP contribution >= 0.6 is 0 Å². The molecule has 2 rings (SSSR count). The lowest BCUT2D eigenvalue weighted by Gasteiger charge is -2.18. The van der Waals surface area contributed by atoms with Crippen LogP contribution in [0, 0.1) is 0 Å². The molecule has 1 aromatic rings. The van der Waals surface area contributed by atoms with Crippen LogP contribution in [0.2, 0.25) is 0 Å². The van der Waals surface area contributed by atoms with Crippen LogP contribution in [0.1, 0.15) is 45.4 Å². The Morgan fingerprint density at radius 1 is 1.26 bits per heavy atom. The molecule has 3 N–H and O–H groups in total. The number of benzene rings is 1. The summed E-state index contributed by atoms with van der Waals surface area (Å²) in [5, 5.41) is 3.35. The zero-order valence-electron chi connectivity index (χ0n) is 14.3. The molecule has 128 valence electrons. The molecular formula is C18H29N3O2. The van der Waals surface area contributed by atoms with Crippen molar-refractivity contribution in [3.05, 3.63) is 24.3 Å². The lowest BCUT2D eigenvalue weighted by atomic mass is 10.1. The molecule has 1 atom stereocenters. The van der Waals surface area contributed by atoms with Gasteiger partial charge in [-0.3, -0.25) is 0 Å². The average Bonchev–Trinajstić information content (AvgIpc) is 2.82. The lowest BCUT2D eigenvalue weighted by molar-refractivity contribution is 0.229. The van der Waals surface area contributed by atoms with Gasteiger partial charge in [0.15, 0.2) is 5.96 Å². The molecule has 0 spiro atoms. The molecule has 23 heavy (non-hydrogen) atoms. The maximum atomic E-state index is 6.01. The average molecular weight is 319 g/mol. The molecule has 5 nitrogen and oxygen atoms in total. The molecule has 0 amide bonds. The Hall–Kier alpha value is -1.91. The van der Waals surface area contributed by atoms with Gasteiger partial charge in [-0.1, -0.05) is 31.7 Å². The SMILES string of the molecule is COc1cccc(OC(C)CN=C(N)NC2CCCCCC2)c1. The predicted molar refractivity (Wildman–Crippen MR) is 94.2 cm³/mol. The minimum atomic E-state index is -0.0448. The number of guanidine groups is 1. The molecule has 0 radical (unpaired) electrons. The van der Waals surface area contributed by atoms with Crippen LogP contribution in [0.15, 0.2) is 29.3 Å². The summed E-state index contributed by atoms with van der Waals surface area (Å²) in [6.45, 7) is 2.52. The van der Waals surface area contributed by atoms with E-state index in [9.17, 15) is 0 Å². The van der Waals surface area contributed by atoms with Crippen molar-refractivity contribution in [2.45, 2.75) is 57.6 Å². The Kier molecular flexibility index (Phi) is 7.04. The van der Waals surface area contributed by atoms with E-state index in [1.807, 2.05) is 31.2 Å². The second-order valence-corrected chi connectivity index (χ2v) is 6.17. The summed E-state index contributed by atoms with van der Waals surface area (Å²) in [7, 11) is 1.65. The van der Waals surface area contributed by atoms with E-state index in [1.165, 1.54) is 38.5 Å². The third-order valence-corrected chi connectivity index (χ3v) is 4.10. The van der Waals surface area contributed by atoms with E-state index in [4.69, 9.17) is 15.2 Å². The van der Waals surface area contributed by atoms with Crippen LogP contribution < -0.4 is 20.5 Å². The zero-order valence-corrected chi connectivity index (χ0v) is 14.3. The van der Waals surface area contributed by atoms with E-state index < -0.39 is 0 Å². The number of nitrogens with two attached hydrogens (primary N) is 1. The van der Waals surface area contributed by atoms with Crippen molar-refractivity contribution in [2.75, 3.05) is 13.7 Å². The summed E-state index contributed by atoms with van der Waals surface area (Å²) in [4.78, 5) is 4.41. The van der Waals surface area contributed by atoms with Gasteiger partial charge in [-0.05, 0) is 31.9 Å². The van der Waals surface area contributed by atoms with Crippen molar-refractivity contribution in [1.29, 1.82) is 0 Å². The lowest BCUT2D eigenvalue weighted by Crippen LogP contribution is -2.40. The van der Waals surface area contributed by atoms with Crippen molar-refractivity contribution < 1.29 is 9.47 Å². The molecule has 0 saturated heterocycles. The Morgan fingerprint density at radius 3 is 2.65 bits per heavy atom. The van der Waals surface area contributed by atoms with Gasteiger partial charge >= 0.3 is 0 Å². The van der Waals surface area contributed by atoms with Crippen molar-refractivity contribution in [3.63, 3.8) is 0 Å². The quantitative estimate of drug-likeness (QED) is 0.480. The van der Waals surface area contributed by atoms with Crippen LogP contribution in [0.3, 0.4) is 0 Å². The van der Waals surface area contributed by atoms with E-state index >= 15 is 0 Å². The van der Waals surface area contributed by atoms with Gasteiger partial charge in [0.1, 0.15) is 17.6 Å². The van der Waals surface area contributed by atoms with Crippen molar-refractivity contribution >= 4 is 5.96 Å². The van der Waals surface area contributed by atoms with Crippen molar-refractivity contribution in [3.8, 4) is 11.5 Å². The Morgan fingerprint density at radius 2 is 1.96 bits per heavy atom. The molecule has 0 aromatic heterocycles. The first-order valence-corrected chi connectivity index (χ1v) is 8.54. The van der Waals surface area contributed by atoms with E-state index in [0.717, 1.165) is 11.5 Å². The second kappa shape index (κ2) is 9.28. The molecular weight excluding hydrogens is 290 g/mol. The van der Waals surface area contributed by atoms with E-state index in [0.29, 0.717) is 18.5 Å². The second-order valence-electron chi connectivity index (χ2n) is 6.17. The molecule has 1 saturated carbocycles. The Bertz CT molecular complexity index is 497. The maximum Gasteiger partial charge on any atom is 0.188 e. The molecule has 0 aliphatic heterocycles. The van der Waals surface area contributed by atoms with Gasteiger partial charge in [0.05, 0.1) is 13.7 Å². The van der Waals surface area contributed by atoms with Crippen LogP contribution in [0.25, 0.3) is 0 Å². The van der Waals surface area contributed by atoms with Crippen LogP contribution in [-0.4, -0.2) is 31.8 Å². The number of nitrogens with zero attached hydrogens (tertiary/aromatic N) is 1. The maximum absolute atomic E-state index is 6.01. The largest absolute Gasteiger partial charge is 0.497 e. The zero-order chi connectivity index (χ0) is 16.5. The first-order chi connectivity index (χ1) is 11.2. The fourth-order valence-corrected chi connectivity index (χ4v) is 2.85. The highest BCUT2D eigenvalue weighted by atomic mass is 16.5. The van der Waals surface area contributed by atoms with Crippen LogP contribution in [0.4, 0.5) is 0 Å². The van der Waals surface area contributed by atoms with Gasteiger partial charge in [0.2, 0.25) is 0 Å². The van der Waals surface area contributed by atoms with Gasteiger partial charge < -0.3 is 20.5 Å². The minimum Gasteiger partial charge on any atom is -0.497 e. The third kappa shape index (κ3) is 6.38. The number of nitrogens with one attached hydrogen (secondary N) is 1. The first-order valence-electron chi connectivity index (χ1n) is 8.54. The summed E-state index contributed by atoms with van der Waals surface area (Å²) in [6, 6.07) is 8.05. The van der Waals surface area contributed by atoms with Crippen LogP contribution in [-0.2, 0) is 0 Å². The summed E-state index contributed by atoms with van der Waals surface area (Å²) < 4.78 is 11.0. The highest BCUT2D eigenvalue weighted by Gasteiger charge is 2.12. The van der Waals surface area contributed by atoms with E-state index in [-0.39, 0.29) is 6.10 Å². The predicted octanol–water partition coefficient (Wildman–Crippen LogP) is 3.09. The van der Waals surface area contributed by atoms with Gasteiger partial charge in [-0.2, -0.15) is 0 Å². The van der Waals surface area contributed by atoms with Crippen molar-refractivity contribution in [1.82, 2.24) is 5.32 Å². The number of rotatable bonds is 6. The highest BCUT2D eigenvalue weighted by Crippen LogP contribution is 2.20. The molecule has 1 aliphatic carbocycles. The number of ether oxygens (including phenoxy) is 2. The molecule has 1 unspecified atom stereocenters. The van der Waals surface area contributed by atoms with Crippen molar-refractivity contribution in [2.24, 2.45) is 10.7 Å². The Labute approximate surface area is 139 Å². The van der Waals surface area contributed by atoms with Gasteiger partial charge in [-0.25, -0.2) is 4.99 Å². The third-order valence-electron chi connectivity index (χ3n) is 4.10. The molecule has 0 heterocycles. The van der Waals surface area contributed by atoms with Gasteiger partial charge in [-0.15, -0.1) is 0 Å². The molecule has 5 heteroatoms. The standard InChI is InChI=1S/C18H29N3O2/c1-14(23-17-11-7-10-16(12-17)22-2)13-20-18(19)21-15-8-5-3-4-6-9-15/h7,10-12,14-15H,3-6,8-9,13H2,1-2H3,(H3,19,20,21). The van der Waals surface area contributed by atoms with E-state index in [1.54, 1.807) is 7.11 Å². The number of hydrogen-bond acceptors (Lipinski definition) is 3. The fourth-order valence-electron chi connectivity index (χ4n) is 2.85.